The Morgan fingerprint density at radius 2 is 1.96 bits per heavy atom. The zero-order valence-electron chi connectivity index (χ0n) is 12.8. The van der Waals surface area contributed by atoms with Gasteiger partial charge in [-0.05, 0) is 31.9 Å². The molecule has 2 rings (SSSR count). The molecule has 0 saturated heterocycles. The number of ether oxygens (including phenoxy) is 1. The molecule has 1 aliphatic carbocycles. The quantitative estimate of drug-likeness (QED) is 0.810. The van der Waals surface area contributed by atoms with Gasteiger partial charge in [-0.2, -0.15) is 0 Å². The standard InChI is InChI=1S/C15H19ClN2O4S/c1-9(22-14(20)11-7-8-12(16)23-11)13(19)18-15(21)17-10-5-3-2-4-6-10/h7-10H,2-6H2,1H3,(H2,17,18,19,21). The SMILES string of the molecule is CC(OC(=O)c1ccc(Cl)s1)C(=O)NC(=O)NC1CCCCC1. The van der Waals surface area contributed by atoms with E-state index in [4.69, 9.17) is 16.3 Å². The molecule has 1 aromatic heterocycles. The summed E-state index contributed by atoms with van der Waals surface area (Å²) in [5, 5.41) is 4.97. The van der Waals surface area contributed by atoms with Crippen molar-refractivity contribution in [2.24, 2.45) is 0 Å². The van der Waals surface area contributed by atoms with Gasteiger partial charge in [0, 0.05) is 6.04 Å². The maximum atomic E-state index is 11.9. The van der Waals surface area contributed by atoms with Crippen molar-refractivity contribution in [3.05, 3.63) is 21.3 Å². The summed E-state index contributed by atoms with van der Waals surface area (Å²) in [4.78, 5) is 35.8. The van der Waals surface area contributed by atoms with Crippen molar-refractivity contribution in [3.8, 4) is 0 Å². The van der Waals surface area contributed by atoms with Crippen LogP contribution in [0.25, 0.3) is 0 Å². The van der Waals surface area contributed by atoms with E-state index >= 15 is 0 Å². The second-order valence-corrected chi connectivity index (χ2v) is 7.16. The van der Waals surface area contributed by atoms with E-state index in [1.165, 1.54) is 19.4 Å². The maximum absolute atomic E-state index is 11.9. The molecule has 0 radical (unpaired) electrons. The molecule has 126 valence electrons. The molecule has 8 heteroatoms. The summed E-state index contributed by atoms with van der Waals surface area (Å²) in [5.74, 6) is -1.30. The molecule has 1 aliphatic rings. The van der Waals surface area contributed by atoms with Gasteiger partial charge in [0.2, 0.25) is 0 Å². The lowest BCUT2D eigenvalue weighted by Gasteiger charge is -2.23. The van der Waals surface area contributed by atoms with Gasteiger partial charge in [0.15, 0.2) is 6.10 Å². The summed E-state index contributed by atoms with van der Waals surface area (Å²) in [7, 11) is 0. The van der Waals surface area contributed by atoms with Gasteiger partial charge in [0.25, 0.3) is 5.91 Å². The number of urea groups is 1. The van der Waals surface area contributed by atoms with Gasteiger partial charge in [-0.1, -0.05) is 30.9 Å². The van der Waals surface area contributed by atoms with Crippen LogP contribution in [0.5, 0.6) is 0 Å². The Hall–Kier alpha value is -1.60. The Labute approximate surface area is 143 Å². The highest BCUT2D eigenvalue weighted by molar-refractivity contribution is 7.17. The highest BCUT2D eigenvalue weighted by Crippen LogP contribution is 2.22. The lowest BCUT2D eigenvalue weighted by Crippen LogP contribution is -2.48. The van der Waals surface area contributed by atoms with Crippen LogP contribution in [0.2, 0.25) is 4.34 Å². The molecule has 3 amide bonds. The fourth-order valence-electron chi connectivity index (χ4n) is 2.38. The van der Waals surface area contributed by atoms with E-state index in [1.807, 2.05) is 0 Å². The lowest BCUT2D eigenvalue weighted by molar-refractivity contribution is -0.127. The number of amides is 3. The van der Waals surface area contributed by atoms with E-state index in [0.29, 0.717) is 9.21 Å². The van der Waals surface area contributed by atoms with Crippen LogP contribution in [-0.4, -0.2) is 30.1 Å². The minimum Gasteiger partial charge on any atom is -0.448 e. The predicted octanol–water partition coefficient (Wildman–Crippen LogP) is 3.11. The summed E-state index contributed by atoms with van der Waals surface area (Å²) in [6, 6.07) is 2.65. The third kappa shape index (κ3) is 5.51. The summed E-state index contributed by atoms with van der Waals surface area (Å²) < 4.78 is 5.48. The number of halogens is 1. The third-order valence-corrected chi connectivity index (χ3v) is 4.82. The second-order valence-electron chi connectivity index (χ2n) is 5.45. The Morgan fingerprint density at radius 3 is 2.57 bits per heavy atom. The van der Waals surface area contributed by atoms with Crippen molar-refractivity contribution in [3.63, 3.8) is 0 Å². The first-order valence-corrected chi connectivity index (χ1v) is 8.73. The number of hydrogen-bond donors (Lipinski definition) is 2. The van der Waals surface area contributed by atoms with E-state index in [2.05, 4.69) is 10.6 Å². The van der Waals surface area contributed by atoms with Crippen molar-refractivity contribution in [2.75, 3.05) is 0 Å². The number of esters is 1. The number of hydrogen-bond acceptors (Lipinski definition) is 5. The van der Waals surface area contributed by atoms with Crippen molar-refractivity contribution >= 4 is 40.8 Å². The first-order chi connectivity index (χ1) is 11.0. The van der Waals surface area contributed by atoms with Gasteiger partial charge in [-0.15, -0.1) is 11.3 Å². The fourth-order valence-corrected chi connectivity index (χ4v) is 3.30. The average Bonchev–Trinajstić information content (AvgIpc) is 2.94. The predicted molar refractivity (Wildman–Crippen MR) is 87.8 cm³/mol. The highest BCUT2D eigenvalue weighted by atomic mass is 35.5. The number of rotatable bonds is 4. The number of nitrogens with one attached hydrogen (secondary N) is 2. The molecule has 1 fully saturated rings. The first-order valence-electron chi connectivity index (χ1n) is 7.53. The Morgan fingerprint density at radius 1 is 1.26 bits per heavy atom. The Kier molecular flexibility index (Phi) is 6.41. The highest BCUT2D eigenvalue weighted by Gasteiger charge is 2.23. The molecule has 2 N–H and O–H groups in total. The number of carbonyl (C=O) groups excluding carboxylic acids is 3. The monoisotopic (exact) mass is 358 g/mol. The van der Waals surface area contributed by atoms with Gasteiger partial charge < -0.3 is 10.1 Å². The van der Waals surface area contributed by atoms with Gasteiger partial charge >= 0.3 is 12.0 Å². The molecular weight excluding hydrogens is 340 g/mol. The van der Waals surface area contributed by atoms with E-state index in [0.717, 1.165) is 37.0 Å². The van der Waals surface area contributed by atoms with Crippen LogP contribution in [0, 0.1) is 0 Å². The number of carbonyl (C=O) groups is 3. The van der Waals surface area contributed by atoms with Crippen LogP contribution in [0.1, 0.15) is 48.7 Å². The topological polar surface area (TPSA) is 84.5 Å². The molecule has 23 heavy (non-hydrogen) atoms. The zero-order chi connectivity index (χ0) is 16.8. The summed E-state index contributed by atoms with van der Waals surface area (Å²) in [5.41, 5.74) is 0. The molecule has 0 aromatic carbocycles. The lowest BCUT2D eigenvalue weighted by atomic mass is 9.96. The van der Waals surface area contributed by atoms with Crippen molar-refractivity contribution in [1.82, 2.24) is 10.6 Å². The minimum absolute atomic E-state index is 0.0997. The summed E-state index contributed by atoms with van der Waals surface area (Å²) in [6.45, 7) is 1.41. The van der Waals surface area contributed by atoms with Crippen molar-refractivity contribution in [2.45, 2.75) is 51.2 Å². The molecule has 6 nitrogen and oxygen atoms in total. The average molecular weight is 359 g/mol. The normalized spacial score (nSPS) is 16.4. The number of thiophene rings is 1. The molecule has 0 spiro atoms. The van der Waals surface area contributed by atoms with Crippen molar-refractivity contribution < 1.29 is 19.1 Å². The minimum atomic E-state index is -1.07. The largest absolute Gasteiger partial charge is 0.448 e. The second kappa shape index (κ2) is 8.31. The smallest absolute Gasteiger partial charge is 0.349 e. The van der Waals surface area contributed by atoms with Crippen LogP contribution in [0.4, 0.5) is 4.79 Å². The van der Waals surface area contributed by atoms with Gasteiger partial charge in [-0.3, -0.25) is 10.1 Å². The van der Waals surface area contributed by atoms with Crippen molar-refractivity contribution in [1.29, 1.82) is 0 Å². The molecule has 1 aromatic rings. The molecule has 0 bridgehead atoms. The van der Waals surface area contributed by atoms with Gasteiger partial charge in [-0.25, -0.2) is 9.59 Å². The molecule has 1 unspecified atom stereocenters. The maximum Gasteiger partial charge on any atom is 0.349 e. The first kappa shape index (κ1) is 17.7. The van der Waals surface area contributed by atoms with E-state index < -0.39 is 24.0 Å². The Bertz CT molecular complexity index is 584. The Balaban J connectivity index is 1.77. The third-order valence-electron chi connectivity index (χ3n) is 3.60. The van der Waals surface area contributed by atoms with E-state index in [1.54, 1.807) is 6.07 Å². The van der Waals surface area contributed by atoms with E-state index in [-0.39, 0.29) is 6.04 Å². The molecular formula is C15H19ClN2O4S. The molecule has 1 atom stereocenters. The number of imide groups is 1. The van der Waals surface area contributed by atoms with E-state index in [9.17, 15) is 14.4 Å². The van der Waals surface area contributed by atoms with Gasteiger partial charge in [0.05, 0.1) is 4.34 Å². The molecule has 1 saturated carbocycles. The van der Waals surface area contributed by atoms with Crippen LogP contribution >= 0.6 is 22.9 Å². The van der Waals surface area contributed by atoms with Crippen LogP contribution in [-0.2, 0) is 9.53 Å². The fraction of sp³-hybridized carbons (Fsp3) is 0.533. The van der Waals surface area contributed by atoms with Crippen LogP contribution in [0.15, 0.2) is 12.1 Å². The molecule has 1 heterocycles. The molecule has 0 aliphatic heterocycles. The summed E-state index contributed by atoms with van der Waals surface area (Å²) in [6.07, 6.45) is 4.11. The van der Waals surface area contributed by atoms with Gasteiger partial charge in [0.1, 0.15) is 4.88 Å². The zero-order valence-corrected chi connectivity index (χ0v) is 14.3. The summed E-state index contributed by atoms with van der Waals surface area (Å²) >= 11 is 6.81. The van der Waals surface area contributed by atoms with Crippen LogP contribution < -0.4 is 10.6 Å². The van der Waals surface area contributed by atoms with Crippen LogP contribution in [0.3, 0.4) is 0 Å².